The van der Waals surface area contributed by atoms with Crippen molar-refractivity contribution in [1.82, 2.24) is 0 Å². The van der Waals surface area contributed by atoms with Gasteiger partial charge in [0.05, 0.1) is 10.6 Å². The van der Waals surface area contributed by atoms with Gasteiger partial charge in [-0.2, -0.15) is 0 Å². The number of rotatable bonds is 6. The second kappa shape index (κ2) is 8.01. The predicted molar refractivity (Wildman–Crippen MR) is 95.4 cm³/mol. The number of hydrogen-bond donors (Lipinski definition) is 0. The Balaban J connectivity index is 2.41. The summed E-state index contributed by atoms with van der Waals surface area (Å²) in [6.45, 7) is 1.98. The number of carbonyl (C=O) groups is 1. The molecule has 0 spiro atoms. The topological polar surface area (TPSA) is 43.4 Å². The largest absolute Gasteiger partial charge is 0.405 e. The SMILES string of the molecule is CCCCC(=O)OP(=O)(c1ccc(Cl)cc1)c1ccc(Cl)cc1. The Morgan fingerprint density at radius 1 is 0.957 bits per heavy atom. The fourth-order valence-corrected chi connectivity index (χ4v) is 4.26. The molecule has 0 fully saturated rings. The first-order valence-electron chi connectivity index (χ1n) is 7.30. The van der Waals surface area contributed by atoms with E-state index in [-0.39, 0.29) is 6.42 Å². The van der Waals surface area contributed by atoms with E-state index < -0.39 is 13.3 Å². The van der Waals surface area contributed by atoms with Crippen LogP contribution in [0.5, 0.6) is 0 Å². The molecule has 0 amide bonds. The predicted octanol–water partition coefficient (Wildman–Crippen LogP) is 4.96. The standard InChI is InChI=1S/C17H17Cl2O3P/c1-2-3-4-17(20)22-23(21,15-9-5-13(18)6-10-15)16-11-7-14(19)8-12-16/h5-12H,2-4H2,1H3. The molecular formula is C17H17Cl2O3P. The lowest BCUT2D eigenvalue weighted by Crippen LogP contribution is -2.20. The number of halogens is 2. The van der Waals surface area contributed by atoms with Crippen molar-refractivity contribution in [3.63, 3.8) is 0 Å². The molecule has 2 rings (SSSR count). The molecule has 0 heterocycles. The summed E-state index contributed by atoms with van der Waals surface area (Å²) in [5, 5.41) is 1.89. The van der Waals surface area contributed by atoms with E-state index in [1.165, 1.54) is 0 Å². The van der Waals surface area contributed by atoms with E-state index >= 15 is 0 Å². The monoisotopic (exact) mass is 370 g/mol. The van der Waals surface area contributed by atoms with Crippen LogP contribution in [0.2, 0.25) is 10.0 Å². The summed E-state index contributed by atoms with van der Waals surface area (Å²) < 4.78 is 18.9. The number of unbranched alkanes of at least 4 members (excludes halogenated alkanes) is 1. The summed E-state index contributed by atoms with van der Waals surface area (Å²) in [6.07, 6.45) is 1.79. The molecule has 0 saturated carbocycles. The molecule has 122 valence electrons. The summed E-state index contributed by atoms with van der Waals surface area (Å²) in [4.78, 5) is 12.1. The van der Waals surface area contributed by atoms with E-state index in [0.717, 1.165) is 6.42 Å². The third kappa shape index (κ3) is 4.60. The molecule has 2 aromatic carbocycles. The summed E-state index contributed by atoms with van der Waals surface area (Å²) in [5.41, 5.74) is 0. The third-order valence-corrected chi connectivity index (χ3v) is 6.22. The van der Waals surface area contributed by atoms with Gasteiger partial charge in [0.15, 0.2) is 0 Å². The molecule has 0 N–H and O–H groups in total. The van der Waals surface area contributed by atoms with Gasteiger partial charge < -0.3 is 4.52 Å². The molecule has 3 nitrogen and oxygen atoms in total. The Bertz CT molecular complexity index is 662. The Labute approximate surface area is 146 Å². The van der Waals surface area contributed by atoms with E-state index in [9.17, 15) is 9.36 Å². The molecule has 0 atom stereocenters. The minimum absolute atomic E-state index is 0.238. The third-order valence-electron chi connectivity index (χ3n) is 3.30. The highest BCUT2D eigenvalue weighted by atomic mass is 35.5. The van der Waals surface area contributed by atoms with Crippen LogP contribution in [-0.4, -0.2) is 5.97 Å². The minimum Gasteiger partial charge on any atom is -0.405 e. The summed E-state index contributed by atoms with van der Waals surface area (Å²) in [5.74, 6) is -0.472. The minimum atomic E-state index is -3.53. The highest BCUT2D eigenvalue weighted by Gasteiger charge is 2.32. The molecule has 0 aliphatic heterocycles. The van der Waals surface area contributed by atoms with Gasteiger partial charge in [-0.25, -0.2) is 0 Å². The van der Waals surface area contributed by atoms with Crippen LogP contribution < -0.4 is 10.6 Å². The van der Waals surface area contributed by atoms with E-state index in [2.05, 4.69) is 0 Å². The normalized spacial score (nSPS) is 11.3. The first-order valence-corrected chi connectivity index (χ1v) is 9.68. The Hall–Kier alpha value is -1.28. The van der Waals surface area contributed by atoms with Crippen molar-refractivity contribution < 1.29 is 13.9 Å². The second-order valence-corrected chi connectivity index (χ2v) is 8.26. The summed E-state index contributed by atoms with van der Waals surface area (Å²) >= 11 is 11.8. The lowest BCUT2D eigenvalue weighted by atomic mass is 10.3. The lowest BCUT2D eigenvalue weighted by Gasteiger charge is -2.19. The zero-order valence-electron chi connectivity index (χ0n) is 12.7. The van der Waals surface area contributed by atoms with E-state index in [1.807, 2.05) is 6.92 Å². The van der Waals surface area contributed by atoms with Crippen molar-refractivity contribution in [2.75, 3.05) is 0 Å². The molecule has 0 radical (unpaired) electrons. The quantitative estimate of drug-likeness (QED) is 0.675. The van der Waals surface area contributed by atoms with E-state index in [0.29, 0.717) is 27.1 Å². The van der Waals surface area contributed by atoms with Crippen LogP contribution in [0.3, 0.4) is 0 Å². The van der Waals surface area contributed by atoms with Gasteiger partial charge in [-0.3, -0.25) is 9.36 Å². The van der Waals surface area contributed by atoms with Gasteiger partial charge in [0.1, 0.15) is 0 Å². The van der Waals surface area contributed by atoms with Crippen molar-refractivity contribution in [3.05, 3.63) is 58.6 Å². The molecule has 23 heavy (non-hydrogen) atoms. The van der Waals surface area contributed by atoms with Gasteiger partial charge in [0, 0.05) is 16.5 Å². The second-order valence-electron chi connectivity index (χ2n) is 5.07. The van der Waals surface area contributed by atoms with Crippen LogP contribution >= 0.6 is 30.6 Å². The van der Waals surface area contributed by atoms with Crippen LogP contribution in [0.15, 0.2) is 48.5 Å². The summed E-state index contributed by atoms with van der Waals surface area (Å²) in [7, 11) is -3.53. The molecule has 6 heteroatoms. The molecule has 0 aromatic heterocycles. The van der Waals surface area contributed by atoms with Crippen LogP contribution in [0, 0.1) is 0 Å². The molecule has 0 aliphatic carbocycles. The van der Waals surface area contributed by atoms with Crippen molar-refractivity contribution in [1.29, 1.82) is 0 Å². The maximum atomic E-state index is 13.5. The highest BCUT2D eigenvalue weighted by molar-refractivity contribution is 7.74. The summed E-state index contributed by atoms with van der Waals surface area (Å²) in [6, 6.07) is 13.0. The van der Waals surface area contributed by atoms with Gasteiger partial charge in [-0.05, 0) is 55.0 Å². The van der Waals surface area contributed by atoms with Gasteiger partial charge in [-0.1, -0.05) is 36.5 Å². The van der Waals surface area contributed by atoms with Gasteiger partial charge in [0.25, 0.3) is 0 Å². The molecule has 2 aromatic rings. The van der Waals surface area contributed by atoms with Gasteiger partial charge in [-0.15, -0.1) is 0 Å². The smallest absolute Gasteiger partial charge is 0.311 e. The number of hydrogen-bond acceptors (Lipinski definition) is 3. The Morgan fingerprint density at radius 3 is 1.78 bits per heavy atom. The van der Waals surface area contributed by atoms with Crippen LogP contribution in [0.25, 0.3) is 0 Å². The lowest BCUT2D eigenvalue weighted by molar-refractivity contribution is -0.134. The Morgan fingerprint density at radius 2 is 1.39 bits per heavy atom. The van der Waals surface area contributed by atoms with Crippen molar-refractivity contribution in [2.45, 2.75) is 26.2 Å². The van der Waals surface area contributed by atoms with Crippen molar-refractivity contribution in [3.8, 4) is 0 Å². The zero-order chi connectivity index (χ0) is 16.9. The van der Waals surface area contributed by atoms with Gasteiger partial charge >= 0.3 is 13.3 Å². The van der Waals surface area contributed by atoms with Crippen molar-refractivity contribution >= 4 is 47.1 Å². The first kappa shape index (κ1) is 18.1. The maximum Gasteiger partial charge on any atom is 0.311 e. The molecule has 0 aliphatic rings. The first-order chi connectivity index (χ1) is 11.0. The van der Waals surface area contributed by atoms with Crippen molar-refractivity contribution in [2.24, 2.45) is 0 Å². The molecule has 0 unspecified atom stereocenters. The average molecular weight is 371 g/mol. The molecule has 0 bridgehead atoms. The highest BCUT2D eigenvalue weighted by Crippen LogP contribution is 2.45. The zero-order valence-corrected chi connectivity index (χ0v) is 15.1. The van der Waals surface area contributed by atoms with E-state index in [1.54, 1.807) is 48.5 Å². The van der Waals surface area contributed by atoms with Gasteiger partial charge in [0.2, 0.25) is 0 Å². The molecular weight excluding hydrogens is 354 g/mol. The average Bonchev–Trinajstić information content (AvgIpc) is 2.54. The Kier molecular flexibility index (Phi) is 6.29. The maximum absolute atomic E-state index is 13.5. The number of carbonyl (C=O) groups excluding carboxylic acids is 1. The van der Waals surface area contributed by atoms with Crippen LogP contribution in [0.4, 0.5) is 0 Å². The fourth-order valence-electron chi connectivity index (χ4n) is 2.04. The van der Waals surface area contributed by atoms with Crippen LogP contribution in [-0.2, 0) is 13.9 Å². The van der Waals surface area contributed by atoms with Crippen LogP contribution in [0.1, 0.15) is 26.2 Å². The molecule has 0 saturated heterocycles. The fraction of sp³-hybridized carbons (Fsp3) is 0.235. The van der Waals surface area contributed by atoms with E-state index in [4.69, 9.17) is 27.7 Å². The number of benzene rings is 2.